The molecule has 1 aromatic heterocycles. The second-order valence-electron chi connectivity index (χ2n) is 2.62. The topological polar surface area (TPSA) is 28.7 Å². The van der Waals surface area contributed by atoms with Crippen molar-refractivity contribution in [3.05, 3.63) is 28.1 Å². The van der Waals surface area contributed by atoms with E-state index < -0.39 is 0 Å². The predicted octanol–water partition coefficient (Wildman–Crippen LogP) is 2.77. The number of nitrogens with zero attached hydrogens (tertiary/aromatic N) is 1. The zero-order valence-electron chi connectivity index (χ0n) is 6.36. The molecule has 0 aliphatic carbocycles. The molecule has 0 saturated carbocycles. The van der Waals surface area contributed by atoms with E-state index in [1.54, 1.807) is 13.1 Å². The molecule has 12 heavy (non-hydrogen) atoms. The van der Waals surface area contributed by atoms with Crippen LogP contribution in [-0.2, 0) is 0 Å². The van der Waals surface area contributed by atoms with E-state index in [1.807, 2.05) is 0 Å². The molecule has 1 N–H and O–H groups in total. The first kappa shape index (κ1) is 7.73. The summed E-state index contributed by atoms with van der Waals surface area (Å²) in [5.74, 6) is -0.223. The number of rotatable bonds is 0. The summed E-state index contributed by atoms with van der Waals surface area (Å²) in [7, 11) is 0. The van der Waals surface area contributed by atoms with Gasteiger partial charge in [-0.05, 0) is 28.9 Å². The summed E-state index contributed by atoms with van der Waals surface area (Å²) in [4.78, 5) is 0. The summed E-state index contributed by atoms with van der Waals surface area (Å²) in [5.41, 5.74) is 1.35. The van der Waals surface area contributed by atoms with Gasteiger partial charge >= 0.3 is 0 Å². The van der Waals surface area contributed by atoms with Gasteiger partial charge in [0.25, 0.3) is 0 Å². The average Bonchev–Trinajstić information content (AvgIpc) is 2.48. The molecule has 1 aromatic carbocycles. The van der Waals surface area contributed by atoms with Crippen molar-refractivity contribution in [3.8, 4) is 0 Å². The van der Waals surface area contributed by atoms with Gasteiger partial charge in [0.15, 0.2) is 0 Å². The smallest absolute Gasteiger partial charge is 0.129 e. The van der Waals surface area contributed by atoms with Crippen molar-refractivity contribution in [2.75, 3.05) is 0 Å². The summed E-state index contributed by atoms with van der Waals surface area (Å²) in [6.45, 7) is 1.72. The fraction of sp³-hybridized carbons (Fsp3) is 0.125. The van der Waals surface area contributed by atoms with Gasteiger partial charge in [-0.3, -0.25) is 5.10 Å². The first-order valence-corrected chi connectivity index (χ1v) is 4.27. The molecule has 0 bridgehead atoms. The van der Waals surface area contributed by atoms with E-state index in [4.69, 9.17) is 0 Å². The van der Waals surface area contributed by atoms with Gasteiger partial charge in [-0.25, -0.2) is 4.39 Å². The minimum absolute atomic E-state index is 0.223. The zero-order chi connectivity index (χ0) is 8.72. The van der Waals surface area contributed by atoms with Crippen molar-refractivity contribution in [1.29, 1.82) is 0 Å². The molecule has 0 radical (unpaired) electrons. The van der Waals surface area contributed by atoms with Crippen molar-refractivity contribution in [3.63, 3.8) is 0 Å². The lowest BCUT2D eigenvalue weighted by molar-refractivity contribution is 0.620. The van der Waals surface area contributed by atoms with E-state index in [1.165, 1.54) is 6.07 Å². The summed E-state index contributed by atoms with van der Waals surface area (Å²) in [5, 5.41) is 7.50. The van der Waals surface area contributed by atoms with Gasteiger partial charge in [-0.1, -0.05) is 0 Å². The number of H-pyrrole nitrogens is 1. The molecule has 0 aliphatic rings. The molecule has 2 aromatic rings. The number of aromatic amines is 1. The molecule has 0 fully saturated rings. The molecule has 62 valence electrons. The maximum atomic E-state index is 13.1. The molecule has 0 saturated heterocycles. The first-order valence-electron chi connectivity index (χ1n) is 3.48. The van der Waals surface area contributed by atoms with Gasteiger partial charge in [-0.15, -0.1) is 0 Å². The number of nitrogens with one attached hydrogen (secondary N) is 1. The summed E-state index contributed by atoms with van der Waals surface area (Å²) in [6.07, 6.45) is 1.67. The number of aromatic nitrogens is 2. The van der Waals surface area contributed by atoms with E-state index in [9.17, 15) is 4.39 Å². The van der Waals surface area contributed by atoms with Crippen LogP contribution in [0, 0.1) is 12.7 Å². The standard InChI is InChI=1S/C8H6BrFN2/c1-4-7(10)2-6(9)5-3-11-12-8(4)5/h2-3H,1H3,(H,11,12). The van der Waals surface area contributed by atoms with Gasteiger partial charge in [0.05, 0.1) is 11.7 Å². The van der Waals surface area contributed by atoms with E-state index in [2.05, 4.69) is 26.1 Å². The van der Waals surface area contributed by atoms with Crippen molar-refractivity contribution < 1.29 is 4.39 Å². The molecule has 0 unspecified atom stereocenters. The van der Waals surface area contributed by atoms with Crippen LogP contribution in [0.15, 0.2) is 16.7 Å². The summed E-state index contributed by atoms with van der Waals surface area (Å²) in [6, 6.07) is 1.45. The van der Waals surface area contributed by atoms with Crippen molar-refractivity contribution in [2.24, 2.45) is 0 Å². The quantitative estimate of drug-likeness (QED) is 0.739. The number of hydrogen-bond donors (Lipinski definition) is 1. The minimum atomic E-state index is -0.223. The Bertz CT molecular complexity index is 436. The van der Waals surface area contributed by atoms with Crippen LogP contribution >= 0.6 is 15.9 Å². The molecule has 0 spiro atoms. The number of aryl methyl sites for hydroxylation is 1. The number of fused-ring (bicyclic) bond motifs is 1. The van der Waals surface area contributed by atoms with E-state index in [-0.39, 0.29) is 5.82 Å². The average molecular weight is 229 g/mol. The van der Waals surface area contributed by atoms with Gasteiger partial charge in [0.2, 0.25) is 0 Å². The van der Waals surface area contributed by atoms with Gasteiger partial charge in [-0.2, -0.15) is 5.10 Å². The Morgan fingerprint density at radius 2 is 2.33 bits per heavy atom. The van der Waals surface area contributed by atoms with Crippen LogP contribution in [0.2, 0.25) is 0 Å². The van der Waals surface area contributed by atoms with Gasteiger partial charge in [0, 0.05) is 15.4 Å². The zero-order valence-corrected chi connectivity index (χ0v) is 7.94. The third kappa shape index (κ3) is 0.948. The highest BCUT2D eigenvalue weighted by Crippen LogP contribution is 2.26. The highest BCUT2D eigenvalue weighted by atomic mass is 79.9. The van der Waals surface area contributed by atoms with E-state index in [0.717, 1.165) is 15.4 Å². The fourth-order valence-electron chi connectivity index (χ4n) is 1.17. The third-order valence-corrected chi connectivity index (χ3v) is 2.54. The normalized spacial score (nSPS) is 10.9. The van der Waals surface area contributed by atoms with E-state index in [0.29, 0.717) is 5.56 Å². The Balaban J connectivity index is 2.97. The van der Waals surface area contributed by atoms with Crippen LogP contribution in [0.1, 0.15) is 5.56 Å². The first-order chi connectivity index (χ1) is 5.70. The van der Waals surface area contributed by atoms with Crippen molar-refractivity contribution in [1.82, 2.24) is 10.2 Å². The van der Waals surface area contributed by atoms with Crippen molar-refractivity contribution in [2.45, 2.75) is 6.92 Å². The van der Waals surface area contributed by atoms with Crippen LogP contribution in [-0.4, -0.2) is 10.2 Å². The van der Waals surface area contributed by atoms with Gasteiger partial charge in [0.1, 0.15) is 5.82 Å². The van der Waals surface area contributed by atoms with Gasteiger partial charge < -0.3 is 0 Å². The molecule has 0 amide bonds. The Morgan fingerprint density at radius 1 is 1.58 bits per heavy atom. The number of benzene rings is 1. The molecule has 0 aliphatic heterocycles. The molecular weight excluding hydrogens is 223 g/mol. The molecule has 2 nitrogen and oxygen atoms in total. The Kier molecular flexibility index (Phi) is 1.65. The Hall–Kier alpha value is -0.900. The highest BCUT2D eigenvalue weighted by molar-refractivity contribution is 9.10. The lowest BCUT2D eigenvalue weighted by atomic mass is 10.1. The minimum Gasteiger partial charge on any atom is -0.277 e. The van der Waals surface area contributed by atoms with Crippen LogP contribution in [0.4, 0.5) is 4.39 Å². The number of hydrogen-bond acceptors (Lipinski definition) is 1. The largest absolute Gasteiger partial charge is 0.277 e. The fourth-order valence-corrected chi connectivity index (χ4v) is 1.67. The number of halogens is 2. The lowest BCUT2D eigenvalue weighted by Gasteiger charge is -1.99. The maximum absolute atomic E-state index is 13.1. The van der Waals surface area contributed by atoms with Crippen LogP contribution in [0.25, 0.3) is 10.9 Å². The molecule has 1 heterocycles. The lowest BCUT2D eigenvalue weighted by Crippen LogP contribution is -1.84. The SMILES string of the molecule is Cc1c(F)cc(Br)c2cn[nH]c12. The molecular formula is C8H6BrFN2. The molecule has 0 atom stereocenters. The third-order valence-electron chi connectivity index (χ3n) is 1.88. The van der Waals surface area contributed by atoms with Crippen LogP contribution in [0.3, 0.4) is 0 Å². The monoisotopic (exact) mass is 228 g/mol. The molecule has 2 rings (SSSR count). The summed E-state index contributed by atoms with van der Waals surface area (Å²) >= 11 is 3.26. The maximum Gasteiger partial charge on any atom is 0.129 e. The summed E-state index contributed by atoms with van der Waals surface area (Å²) < 4.78 is 13.8. The van der Waals surface area contributed by atoms with E-state index >= 15 is 0 Å². The second-order valence-corrected chi connectivity index (χ2v) is 3.48. The Morgan fingerprint density at radius 3 is 3.08 bits per heavy atom. The van der Waals surface area contributed by atoms with Crippen LogP contribution in [0.5, 0.6) is 0 Å². The Labute approximate surface area is 76.9 Å². The second kappa shape index (κ2) is 2.55. The highest BCUT2D eigenvalue weighted by Gasteiger charge is 2.08. The van der Waals surface area contributed by atoms with Crippen molar-refractivity contribution >= 4 is 26.8 Å². The van der Waals surface area contributed by atoms with Crippen LogP contribution < -0.4 is 0 Å². The molecule has 4 heteroatoms. The predicted molar refractivity (Wildman–Crippen MR) is 48.5 cm³/mol.